The Hall–Kier alpha value is -1.65. The first kappa shape index (κ1) is 13.3. The molecule has 1 saturated heterocycles. The van der Waals surface area contributed by atoms with Gasteiger partial charge in [-0.15, -0.1) is 0 Å². The van der Waals surface area contributed by atoms with E-state index in [2.05, 4.69) is 35.7 Å². The molecule has 1 fully saturated rings. The number of rotatable bonds is 5. The summed E-state index contributed by atoms with van der Waals surface area (Å²) in [6, 6.07) is 10.6. The zero-order chi connectivity index (χ0) is 13.8. The third kappa shape index (κ3) is 3.08. The van der Waals surface area contributed by atoms with E-state index in [1.54, 1.807) is 0 Å². The number of hydrogen-bond acceptors (Lipinski definition) is 3. The molecule has 4 heteroatoms. The van der Waals surface area contributed by atoms with Gasteiger partial charge in [-0.25, -0.2) is 4.68 Å². The Morgan fingerprint density at radius 3 is 3.00 bits per heavy atom. The molecule has 2 aromatic rings. The second kappa shape index (κ2) is 6.20. The third-order valence-electron chi connectivity index (χ3n) is 3.81. The molecule has 0 radical (unpaired) electrons. The first-order valence-corrected chi connectivity index (χ1v) is 7.27. The van der Waals surface area contributed by atoms with Gasteiger partial charge >= 0.3 is 0 Å². The smallest absolute Gasteiger partial charge is 0.0726 e. The molecular weight excluding hydrogens is 250 g/mol. The topological polar surface area (TPSA) is 39.1 Å². The Morgan fingerprint density at radius 2 is 2.25 bits per heavy atom. The monoisotopic (exact) mass is 271 g/mol. The molecule has 106 valence electrons. The quantitative estimate of drug-likeness (QED) is 0.908. The maximum Gasteiger partial charge on any atom is 0.0726 e. The van der Waals surface area contributed by atoms with Gasteiger partial charge in [0.15, 0.2) is 0 Å². The average Bonchev–Trinajstić information content (AvgIpc) is 3.17. The van der Waals surface area contributed by atoms with Gasteiger partial charge in [0.2, 0.25) is 0 Å². The van der Waals surface area contributed by atoms with E-state index in [1.807, 2.05) is 29.1 Å². The minimum atomic E-state index is 0.360. The van der Waals surface area contributed by atoms with E-state index >= 15 is 0 Å². The van der Waals surface area contributed by atoms with Crippen molar-refractivity contribution in [2.24, 2.45) is 0 Å². The Kier molecular flexibility index (Phi) is 4.14. The number of aromatic nitrogens is 2. The molecule has 0 bridgehead atoms. The Morgan fingerprint density at radius 1 is 1.40 bits per heavy atom. The molecule has 0 spiro atoms. The van der Waals surface area contributed by atoms with Crippen LogP contribution in [0.3, 0.4) is 0 Å². The van der Waals surface area contributed by atoms with Crippen molar-refractivity contribution >= 4 is 0 Å². The summed E-state index contributed by atoms with van der Waals surface area (Å²) in [7, 11) is 0. The van der Waals surface area contributed by atoms with Crippen LogP contribution < -0.4 is 5.32 Å². The molecule has 0 aliphatic carbocycles. The molecule has 1 aromatic carbocycles. The fourth-order valence-corrected chi connectivity index (χ4v) is 2.58. The van der Waals surface area contributed by atoms with Crippen molar-refractivity contribution < 1.29 is 4.74 Å². The predicted molar refractivity (Wildman–Crippen MR) is 78.8 cm³/mol. The number of ether oxygens (including phenoxy) is 1. The van der Waals surface area contributed by atoms with Gasteiger partial charge in [-0.3, -0.25) is 0 Å². The van der Waals surface area contributed by atoms with Crippen LogP contribution in [0.25, 0.3) is 5.69 Å². The molecule has 20 heavy (non-hydrogen) atoms. The summed E-state index contributed by atoms with van der Waals surface area (Å²) in [5.74, 6) is 0. The fraction of sp³-hybridized carbons (Fsp3) is 0.438. The van der Waals surface area contributed by atoms with E-state index in [0.717, 1.165) is 25.3 Å². The van der Waals surface area contributed by atoms with Crippen LogP contribution in [-0.4, -0.2) is 28.5 Å². The van der Waals surface area contributed by atoms with E-state index in [4.69, 9.17) is 4.74 Å². The molecule has 4 nitrogen and oxygen atoms in total. The summed E-state index contributed by atoms with van der Waals surface area (Å²) in [6.45, 7) is 3.92. The van der Waals surface area contributed by atoms with E-state index < -0.39 is 0 Å². The van der Waals surface area contributed by atoms with Gasteiger partial charge in [-0.1, -0.05) is 18.2 Å². The van der Waals surface area contributed by atoms with Crippen LogP contribution in [0.2, 0.25) is 0 Å². The standard InChI is InChI=1S/C16H21N3O/c1-13(16-8-5-9-20-16)17-10-14-11-18-19(12-14)15-6-3-2-4-7-15/h2-4,6-7,11-13,16-17H,5,8-10H2,1H3. The Balaban J connectivity index is 1.57. The van der Waals surface area contributed by atoms with Gasteiger partial charge in [0.1, 0.15) is 0 Å². The van der Waals surface area contributed by atoms with E-state index in [1.165, 1.54) is 12.0 Å². The van der Waals surface area contributed by atoms with Gasteiger partial charge in [-0.2, -0.15) is 5.10 Å². The van der Waals surface area contributed by atoms with Crippen molar-refractivity contribution in [2.45, 2.75) is 38.5 Å². The molecule has 2 atom stereocenters. The van der Waals surface area contributed by atoms with Gasteiger partial charge in [0.25, 0.3) is 0 Å². The average molecular weight is 271 g/mol. The number of benzene rings is 1. The zero-order valence-corrected chi connectivity index (χ0v) is 11.8. The van der Waals surface area contributed by atoms with E-state index in [-0.39, 0.29) is 0 Å². The summed E-state index contributed by atoms with van der Waals surface area (Å²) >= 11 is 0. The number of para-hydroxylation sites is 1. The van der Waals surface area contributed by atoms with Crippen molar-refractivity contribution in [1.29, 1.82) is 0 Å². The molecule has 0 saturated carbocycles. The maximum absolute atomic E-state index is 5.69. The lowest BCUT2D eigenvalue weighted by Gasteiger charge is -2.19. The maximum atomic E-state index is 5.69. The van der Waals surface area contributed by atoms with Crippen LogP contribution in [0, 0.1) is 0 Å². The number of nitrogens with one attached hydrogen (secondary N) is 1. The molecule has 1 aliphatic heterocycles. The fourth-order valence-electron chi connectivity index (χ4n) is 2.58. The SMILES string of the molecule is CC(NCc1cnn(-c2ccccc2)c1)C1CCCO1. The molecule has 2 unspecified atom stereocenters. The lowest BCUT2D eigenvalue weighted by atomic mass is 10.1. The summed E-state index contributed by atoms with van der Waals surface area (Å²) < 4.78 is 7.60. The third-order valence-corrected chi connectivity index (χ3v) is 3.81. The van der Waals surface area contributed by atoms with Gasteiger partial charge in [-0.05, 0) is 31.9 Å². The highest BCUT2D eigenvalue weighted by Gasteiger charge is 2.21. The van der Waals surface area contributed by atoms with Gasteiger partial charge < -0.3 is 10.1 Å². The van der Waals surface area contributed by atoms with Crippen molar-refractivity contribution in [1.82, 2.24) is 15.1 Å². The van der Waals surface area contributed by atoms with Crippen LogP contribution in [-0.2, 0) is 11.3 Å². The van der Waals surface area contributed by atoms with Crippen LogP contribution in [0.15, 0.2) is 42.7 Å². The Bertz CT molecular complexity index is 532. The van der Waals surface area contributed by atoms with E-state index in [0.29, 0.717) is 12.1 Å². The largest absolute Gasteiger partial charge is 0.377 e. The lowest BCUT2D eigenvalue weighted by molar-refractivity contribution is 0.0832. The molecule has 1 aliphatic rings. The minimum Gasteiger partial charge on any atom is -0.377 e. The summed E-state index contributed by atoms with van der Waals surface area (Å²) in [6.07, 6.45) is 6.70. The normalized spacial score (nSPS) is 20.1. The van der Waals surface area contributed by atoms with E-state index in [9.17, 15) is 0 Å². The van der Waals surface area contributed by atoms with Gasteiger partial charge in [0.05, 0.1) is 18.0 Å². The zero-order valence-electron chi connectivity index (χ0n) is 11.8. The molecule has 0 amide bonds. The highest BCUT2D eigenvalue weighted by molar-refractivity contribution is 5.30. The predicted octanol–water partition coefficient (Wildman–Crippen LogP) is 2.53. The number of hydrogen-bond donors (Lipinski definition) is 1. The van der Waals surface area contributed by atoms with Crippen molar-refractivity contribution in [3.63, 3.8) is 0 Å². The highest BCUT2D eigenvalue weighted by atomic mass is 16.5. The molecule has 1 aromatic heterocycles. The highest BCUT2D eigenvalue weighted by Crippen LogP contribution is 2.16. The Labute approximate surface area is 119 Å². The number of nitrogens with zero attached hydrogens (tertiary/aromatic N) is 2. The second-order valence-corrected chi connectivity index (χ2v) is 5.35. The second-order valence-electron chi connectivity index (χ2n) is 5.35. The molecule has 2 heterocycles. The molecule has 3 rings (SSSR count). The minimum absolute atomic E-state index is 0.360. The first-order chi connectivity index (χ1) is 9.83. The van der Waals surface area contributed by atoms with Crippen molar-refractivity contribution in [3.8, 4) is 5.69 Å². The van der Waals surface area contributed by atoms with Crippen LogP contribution >= 0.6 is 0 Å². The van der Waals surface area contributed by atoms with Crippen molar-refractivity contribution in [3.05, 3.63) is 48.3 Å². The molecule has 1 N–H and O–H groups in total. The summed E-state index contributed by atoms with van der Waals surface area (Å²) in [5, 5.41) is 7.93. The van der Waals surface area contributed by atoms with Crippen LogP contribution in [0.5, 0.6) is 0 Å². The summed E-state index contributed by atoms with van der Waals surface area (Å²) in [5.41, 5.74) is 2.28. The lowest BCUT2D eigenvalue weighted by Crippen LogP contribution is -2.36. The molecular formula is C16H21N3O. The summed E-state index contributed by atoms with van der Waals surface area (Å²) in [4.78, 5) is 0. The van der Waals surface area contributed by atoms with Crippen molar-refractivity contribution in [2.75, 3.05) is 6.61 Å². The van der Waals surface area contributed by atoms with Gasteiger partial charge in [0, 0.05) is 31.0 Å². The van der Waals surface area contributed by atoms with Crippen LogP contribution in [0.1, 0.15) is 25.3 Å². The van der Waals surface area contributed by atoms with Crippen LogP contribution in [0.4, 0.5) is 0 Å². The first-order valence-electron chi connectivity index (χ1n) is 7.27.